The fourth-order valence-corrected chi connectivity index (χ4v) is 15.9. The zero-order chi connectivity index (χ0) is 91.2. The van der Waals surface area contributed by atoms with E-state index in [1.165, 1.54) is 18.2 Å². The molecule has 0 aliphatic rings. The van der Waals surface area contributed by atoms with Gasteiger partial charge in [0.05, 0.1) is 134 Å². The first kappa shape index (κ1) is 93.6. The van der Waals surface area contributed by atoms with E-state index in [1.807, 2.05) is 163 Å². The van der Waals surface area contributed by atoms with Crippen LogP contribution in [0.3, 0.4) is 0 Å². The number of sulfonamides is 3. The van der Waals surface area contributed by atoms with Crippen molar-refractivity contribution in [3.63, 3.8) is 0 Å². The van der Waals surface area contributed by atoms with Crippen LogP contribution >= 0.6 is 23.2 Å². The van der Waals surface area contributed by atoms with Crippen LogP contribution in [-0.4, -0.2) is 159 Å². The Labute approximate surface area is 748 Å². The number of hydrogen-bond acceptors (Lipinski definition) is 24. The van der Waals surface area contributed by atoms with Gasteiger partial charge < -0.3 is 39.6 Å². The lowest BCUT2D eigenvalue weighted by Gasteiger charge is -2.21. The van der Waals surface area contributed by atoms with Crippen LogP contribution in [0.15, 0.2) is 283 Å². The molecule has 15 aromatic rings. The minimum Gasteiger partial charge on any atom is -0.497 e. The SMILES string of the molecule is CCCC(=O)OCc1cc(-n2nc(-c3ccncc3)cc2-c2ccc(OC)cc2)ccc1S(N)(=O)=O.COCCN(CCC(N)=O)Cc1cc(-c2cccnc2)nn1-c1ccc(Cl)c(Cl)c1.COc1ccc(-c2cc(-c3cccnc3)nn2-c2ccc(S(N)(=O)=O)c(CO)c2)cc1.COc1ccc(-c2cc(-c3ccncc3)nn2-c2ccc(S(N)(=O)=O)c(CO)c2)cc1. The van der Waals surface area contributed by atoms with Crippen LogP contribution in [0.5, 0.6) is 17.2 Å². The van der Waals surface area contributed by atoms with Gasteiger partial charge in [0.1, 0.15) is 23.9 Å². The Morgan fingerprint density at radius 1 is 0.414 bits per heavy atom. The highest BCUT2D eigenvalue weighted by Gasteiger charge is 2.25. The molecule has 0 unspecified atom stereocenters. The number of rotatable bonds is 31. The number of primary amides is 1. The first-order valence-electron chi connectivity index (χ1n) is 39.3. The quantitative estimate of drug-likeness (QED) is 0.0220. The number of carbonyl (C=O) groups is 2. The molecule has 0 spiro atoms. The molecule has 0 aliphatic carbocycles. The molecular weight excluding hydrogens is 1740 g/mol. The monoisotopic (exact) mass is 1830 g/mol. The van der Waals surface area contributed by atoms with Crippen molar-refractivity contribution < 1.29 is 68.7 Å². The van der Waals surface area contributed by atoms with Crippen LogP contribution in [0.1, 0.15) is 48.6 Å². The lowest BCUT2D eigenvalue weighted by Crippen LogP contribution is -2.31. The number of pyridine rings is 4. The van der Waals surface area contributed by atoms with Crippen molar-refractivity contribution >= 4 is 65.1 Å². The lowest BCUT2D eigenvalue weighted by atomic mass is 10.1. The highest BCUT2D eigenvalue weighted by atomic mass is 35.5. The van der Waals surface area contributed by atoms with Gasteiger partial charge in [0.25, 0.3) is 0 Å². The number of halogens is 2. The summed E-state index contributed by atoms with van der Waals surface area (Å²) in [4.78, 5) is 41.4. The number of nitrogens with zero attached hydrogens (tertiary/aromatic N) is 13. The van der Waals surface area contributed by atoms with Gasteiger partial charge in [-0.3, -0.25) is 34.4 Å². The lowest BCUT2D eigenvalue weighted by molar-refractivity contribution is -0.145. The van der Waals surface area contributed by atoms with Crippen LogP contribution in [0.2, 0.25) is 10.0 Å². The fraction of sp³-hybridized carbons (Fsp3) is 0.165. The van der Waals surface area contributed by atoms with E-state index in [0.717, 1.165) is 84.6 Å². The van der Waals surface area contributed by atoms with E-state index >= 15 is 0 Å². The van der Waals surface area contributed by atoms with E-state index in [9.17, 15) is 45.1 Å². The van der Waals surface area contributed by atoms with E-state index in [1.54, 1.807) is 141 Å². The minimum atomic E-state index is -4.04. The molecule has 15 rings (SSSR count). The summed E-state index contributed by atoms with van der Waals surface area (Å²) in [6, 6.07) is 64.4. The van der Waals surface area contributed by atoms with E-state index in [2.05, 4.69) is 24.8 Å². The summed E-state index contributed by atoms with van der Waals surface area (Å²) < 4.78 is 105. The molecule has 128 heavy (non-hydrogen) atoms. The number of aromatic nitrogens is 12. The van der Waals surface area contributed by atoms with Crippen molar-refractivity contribution in [3.05, 3.63) is 300 Å². The Morgan fingerprint density at radius 3 is 1.16 bits per heavy atom. The summed E-state index contributed by atoms with van der Waals surface area (Å²) in [6.45, 7) is 2.93. The maximum Gasteiger partial charge on any atom is 0.306 e. The van der Waals surface area contributed by atoms with E-state index in [4.69, 9.17) is 88.4 Å². The van der Waals surface area contributed by atoms with Crippen molar-refractivity contribution in [3.8, 4) is 119 Å². The average Bonchev–Trinajstić information content (AvgIpc) is 1.60. The summed E-state index contributed by atoms with van der Waals surface area (Å²) in [5.41, 5.74) is 20.8. The number of benzene rings is 7. The largest absolute Gasteiger partial charge is 0.497 e. The van der Waals surface area contributed by atoms with Gasteiger partial charge in [-0.15, -0.1) is 0 Å². The molecule has 8 heterocycles. The van der Waals surface area contributed by atoms with Gasteiger partial charge >= 0.3 is 5.97 Å². The molecule has 37 heteroatoms. The number of carbonyl (C=O) groups excluding carboxylic acids is 2. The maximum absolute atomic E-state index is 12.2. The molecule has 660 valence electrons. The van der Waals surface area contributed by atoms with Crippen molar-refractivity contribution in [2.45, 2.75) is 67.2 Å². The third kappa shape index (κ3) is 24.0. The molecule has 0 fully saturated rings. The smallest absolute Gasteiger partial charge is 0.306 e. The molecule has 0 saturated carbocycles. The van der Waals surface area contributed by atoms with Gasteiger partial charge in [0.2, 0.25) is 36.0 Å². The third-order valence-corrected chi connectivity index (χ3v) is 23.5. The van der Waals surface area contributed by atoms with E-state index < -0.39 is 49.3 Å². The number of ether oxygens (including phenoxy) is 5. The second-order valence-corrected chi connectivity index (χ2v) is 33.8. The predicted octanol–water partition coefficient (Wildman–Crippen LogP) is 13.2. The summed E-state index contributed by atoms with van der Waals surface area (Å²) in [5, 5.41) is 55.3. The number of nitrogens with two attached hydrogens (primary N) is 4. The van der Waals surface area contributed by atoms with Crippen molar-refractivity contribution in [2.24, 2.45) is 21.2 Å². The number of aliphatic hydroxyl groups is 2. The summed E-state index contributed by atoms with van der Waals surface area (Å²) in [6.07, 6.45) is 14.8. The van der Waals surface area contributed by atoms with Crippen molar-refractivity contribution in [2.75, 3.05) is 48.1 Å². The second-order valence-electron chi connectivity index (χ2n) is 28.4. The molecule has 0 saturated heterocycles. The molecule has 7 aromatic carbocycles. The zero-order valence-corrected chi connectivity index (χ0v) is 73.7. The predicted molar refractivity (Wildman–Crippen MR) is 485 cm³/mol. The molecule has 0 atom stereocenters. The van der Waals surface area contributed by atoms with Gasteiger partial charge in [-0.1, -0.05) is 30.1 Å². The van der Waals surface area contributed by atoms with E-state index in [0.29, 0.717) is 82.6 Å². The van der Waals surface area contributed by atoms with Gasteiger partial charge in [0, 0.05) is 134 Å². The summed E-state index contributed by atoms with van der Waals surface area (Å²) in [7, 11) is -5.52. The normalized spacial score (nSPS) is 11.4. The summed E-state index contributed by atoms with van der Waals surface area (Å²) in [5.74, 6) is 1.41. The first-order valence-corrected chi connectivity index (χ1v) is 44.7. The van der Waals surface area contributed by atoms with E-state index in [-0.39, 0.29) is 56.7 Å². The van der Waals surface area contributed by atoms with Gasteiger partial charge in [-0.05, 0) is 236 Å². The molecule has 32 nitrogen and oxygen atoms in total. The van der Waals surface area contributed by atoms with Crippen LogP contribution in [0.25, 0.3) is 102 Å². The fourth-order valence-electron chi connectivity index (χ4n) is 13.4. The first-order chi connectivity index (χ1) is 61.6. The number of hydrogen-bond donors (Lipinski definition) is 6. The second kappa shape index (κ2) is 43.1. The summed E-state index contributed by atoms with van der Waals surface area (Å²) >= 11 is 12.3. The van der Waals surface area contributed by atoms with Crippen LogP contribution in [-0.2, 0) is 75.5 Å². The minimum absolute atomic E-state index is 0.108. The third-order valence-electron chi connectivity index (χ3n) is 19.7. The molecule has 8 aromatic heterocycles. The molecule has 0 radical (unpaired) electrons. The Balaban J connectivity index is 0.000000155. The topological polar surface area (TPSA) is 453 Å². The molecular formula is C91H89Cl2N17O15S3. The Morgan fingerprint density at radius 2 is 0.797 bits per heavy atom. The Bertz CT molecular complexity index is 6500. The van der Waals surface area contributed by atoms with Crippen LogP contribution in [0.4, 0.5) is 0 Å². The zero-order valence-electron chi connectivity index (χ0n) is 69.8. The van der Waals surface area contributed by atoms with Gasteiger partial charge in [-0.2, -0.15) is 20.4 Å². The Kier molecular flexibility index (Phi) is 31.5. The molecule has 10 N–H and O–H groups in total. The number of aliphatic hydroxyl groups excluding tert-OH is 2. The Hall–Kier alpha value is -13.5. The number of esters is 1. The van der Waals surface area contributed by atoms with Gasteiger partial charge in [-0.25, -0.2) is 59.4 Å². The maximum atomic E-state index is 12.2. The highest BCUT2D eigenvalue weighted by Crippen LogP contribution is 2.37. The molecule has 0 bridgehead atoms. The standard InChI is InChI=1S/C26H26N4O5S.2C22H20N4O4S.C21H23Cl2N5O2/c1-3-4-26(31)35-17-20-15-21(7-10-25(20)36(27,32)33)30-24(19-5-8-22(34-2)9-6-19)16-23(29-30)18-11-13-28-14-12-18;1-30-19-5-2-16(3-6-19)21-13-20(15-8-10-24-11-9-15)25-26(21)18-4-7-22(31(23,28)29)17(12-18)14-27;1-30-19-7-4-15(5-8-19)21-12-20(16-3-2-10-24-13-16)25-26(21)18-6-9-22(31(23,28)29)17(11-18)14-27;1-30-10-9-27(8-6-21(24)29)14-17-12-20(15-3-2-7-25-13-15)26-28(17)16-4-5-18(22)19(23)11-16/h5-16H,3-4,17H2,1-2H3,(H2,27,32,33);2*2-13,27H,14H2,1H3,(H2,23,28,29);2-5,7,11-13H,6,8-10,14H2,1H3,(H2,24,29). The van der Waals surface area contributed by atoms with Gasteiger partial charge in [0.15, 0.2) is 0 Å². The van der Waals surface area contributed by atoms with Crippen LogP contribution in [0, 0.1) is 0 Å². The highest BCUT2D eigenvalue weighted by molar-refractivity contribution is 7.89. The van der Waals surface area contributed by atoms with Crippen molar-refractivity contribution in [1.29, 1.82) is 0 Å². The molecule has 0 aliphatic heterocycles. The van der Waals surface area contributed by atoms with Crippen molar-refractivity contribution in [1.82, 2.24) is 64.0 Å². The van der Waals surface area contributed by atoms with Crippen LogP contribution < -0.4 is 35.4 Å². The number of primary sulfonamides is 3. The number of amides is 1. The molecule has 1 amide bonds. The number of methoxy groups -OCH3 is 4. The average molecular weight is 1830 g/mol.